The molecule has 0 spiro atoms. The largest absolute Gasteiger partial charge is 0.507 e. The third-order valence-corrected chi connectivity index (χ3v) is 4.58. The van der Waals surface area contributed by atoms with Gasteiger partial charge in [0.1, 0.15) is 11.5 Å². The molecule has 0 saturated heterocycles. The number of benzene rings is 2. The quantitative estimate of drug-likeness (QED) is 0.516. The number of hydrogen-bond donors (Lipinski definition) is 3. The highest BCUT2D eigenvalue weighted by Crippen LogP contribution is 2.34. The van der Waals surface area contributed by atoms with Crippen LogP contribution in [0.3, 0.4) is 0 Å². The fraction of sp³-hybridized carbons (Fsp3) is 0.364. The predicted molar refractivity (Wildman–Crippen MR) is 114 cm³/mol. The van der Waals surface area contributed by atoms with Crippen LogP contribution in [0.15, 0.2) is 35.4 Å². The van der Waals surface area contributed by atoms with Crippen molar-refractivity contribution in [3.63, 3.8) is 0 Å². The molecule has 0 heterocycles. The van der Waals surface area contributed by atoms with E-state index in [-0.39, 0.29) is 29.2 Å². The summed E-state index contributed by atoms with van der Waals surface area (Å²) in [4.78, 5) is 14.4. The number of hydrogen-bond acceptors (Lipinski definition) is 5. The second-order valence-electron chi connectivity index (χ2n) is 7.65. The summed E-state index contributed by atoms with van der Waals surface area (Å²) < 4.78 is 0. The molecular weight excluding hydrogens is 354 g/mol. The molecule has 1 amide bonds. The third-order valence-electron chi connectivity index (χ3n) is 4.58. The smallest absolute Gasteiger partial charge is 0.271 e. The lowest BCUT2D eigenvalue weighted by Crippen LogP contribution is -2.18. The van der Waals surface area contributed by atoms with E-state index in [0.29, 0.717) is 11.1 Å². The summed E-state index contributed by atoms with van der Waals surface area (Å²) in [6.45, 7) is 7.89. The highest BCUT2D eigenvalue weighted by Gasteiger charge is 2.18. The zero-order chi connectivity index (χ0) is 21.0. The minimum Gasteiger partial charge on any atom is -0.507 e. The van der Waals surface area contributed by atoms with Crippen LogP contribution in [0.2, 0.25) is 0 Å². The maximum absolute atomic E-state index is 12.5. The summed E-state index contributed by atoms with van der Waals surface area (Å²) in [7, 11) is 3.77. The first kappa shape index (κ1) is 21.3. The second-order valence-corrected chi connectivity index (χ2v) is 7.65. The van der Waals surface area contributed by atoms with Crippen molar-refractivity contribution in [1.29, 1.82) is 0 Å². The second kappa shape index (κ2) is 8.78. The van der Waals surface area contributed by atoms with Crippen LogP contribution in [0.25, 0.3) is 0 Å². The fourth-order valence-corrected chi connectivity index (χ4v) is 2.84. The Morgan fingerprint density at radius 2 is 1.61 bits per heavy atom. The van der Waals surface area contributed by atoms with E-state index in [1.807, 2.05) is 52.8 Å². The molecule has 6 nitrogen and oxygen atoms in total. The molecule has 2 rings (SSSR count). The number of phenols is 2. The summed E-state index contributed by atoms with van der Waals surface area (Å²) in [5.41, 5.74) is 5.77. The Bertz CT molecular complexity index is 858. The molecule has 0 aliphatic carbocycles. The molecule has 0 radical (unpaired) electrons. The SMILES string of the molecule is CC(C)c1cc(C(=O)NN=Cc2ccc(N(C)C)cc2O)cc(C(C)C)c1O. The maximum Gasteiger partial charge on any atom is 0.271 e. The molecule has 3 N–H and O–H groups in total. The first-order valence-electron chi connectivity index (χ1n) is 9.32. The number of carbonyl (C=O) groups excluding carboxylic acids is 1. The normalized spacial score (nSPS) is 11.4. The molecule has 0 fully saturated rings. The van der Waals surface area contributed by atoms with Gasteiger partial charge in [-0.3, -0.25) is 4.79 Å². The van der Waals surface area contributed by atoms with Crippen molar-refractivity contribution in [3.05, 3.63) is 52.6 Å². The molecule has 0 aliphatic heterocycles. The maximum atomic E-state index is 12.5. The van der Waals surface area contributed by atoms with Crippen molar-refractivity contribution >= 4 is 17.8 Å². The van der Waals surface area contributed by atoms with E-state index in [0.717, 1.165) is 16.8 Å². The van der Waals surface area contributed by atoms with Gasteiger partial charge >= 0.3 is 0 Å². The van der Waals surface area contributed by atoms with Gasteiger partial charge in [0.25, 0.3) is 5.91 Å². The van der Waals surface area contributed by atoms with E-state index in [4.69, 9.17) is 0 Å². The number of anilines is 1. The number of phenolic OH excluding ortho intramolecular Hbond substituents is 2. The van der Waals surface area contributed by atoms with E-state index in [1.54, 1.807) is 24.3 Å². The van der Waals surface area contributed by atoms with Gasteiger partial charge < -0.3 is 15.1 Å². The van der Waals surface area contributed by atoms with Gasteiger partial charge in [0, 0.05) is 37.0 Å². The molecule has 0 unspecified atom stereocenters. The molecule has 0 bridgehead atoms. The van der Waals surface area contributed by atoms with E-state index in [9.17, 15) is 15.0 Å². The molecule has 150 valence electrons. The lowest BCUT2D eigenvalue weighted by molar-refractivity contribution is 0.0955. The van der Waals surface area contributed by atoms with Gasteiger partial charge in [0.05, 0.1) is 6.21 Å². The number of amides is 1. The average molecular weight is 383 g/mol. The Kier molecular flexibility index (Phi) is 6.67. The van der Waals surface area contributed by atoms with Crippen LogP contribution >= 0.6 is 0 Å². The first-order valence-corrected chi connectivity index (χ1v) is 9.32. The van der Waals surface area contributed by atoms with Crippen molar-refractivity contribution in [2.45, 2.75) is 39.5 Å². The Balaban J connectivity index is 2.22. The predicted octanol–water partition coefficient (Wildman–Crippen LogP) is 4.17. The van der Waals surface area contributed by atoms with Crippen molar-refractivity contribution in [1.82, 2.24) is 5.43 Å². The van der Waals surface area contributed by atoms with Crippen molar-refractivity contribution in [2.24, 2.45) is 5.10 Å². The number of aromatic hydroxyl groups is 2. The zero-order valence-corrected chi connectivity index (χ0v) is 17.3. The molecule has 2 aromatic rings. The summed E-state index contributed by atoms with van der Waals surface area (Å²) in [6, 6.07) is 8.61. The molecule has 0 aliphatic rings. The van der Waals surface area contributed by atoms with Gasteiger partial charge in [-0.1, -0.05) is 27.7 Å². The molecule has 28 heavy (non-hydrogen) atoms. The molecule has 0 saturated carbocycles. The monoisotopic (exact) mass is 383 g/mol. The van der Waals surface area contributed by atoms with Crippen LogP contribution in [-0.4, -0.2) is 36.4 Å². The minimum absolute atomic E-state index is 0.0815. The Labute approximate surface area is 166 Å². The molecule has 0 aromatic heterocycles. The third kappa shape index (κ3) is 4.82. The minimum atomic E-state index is -0.371. The Morgan fingerprint density at radius 1 is 1.04 bits per heavy atom. The van der Waals surface area contributed by atoms with Crippen LogP contribution in [0.1, 0.15) is 66.6 Å². The van der Waals surface area contributed by atoms with Gasteiger partial charge in [0.15, 0.2) is 0 Å². The van der Waals surface area contributed by atoms with Gasteiger partial charge in [0.2, 0.25) is 0 Å². The number of rotatable bonds is 6. The van der Waals surface area contributed by atoms with Crippen molar-refractivity contribution in [3.8, 4) is 11.5 Å². The fourth-order valence-electron chi connectivity index (χ4n) is 2.84. The summed E-state index contributed by atoms with van der Waals surface area (Å²) in [5, 5.41) is 24.5. The van der Waals surface area contributed by atoms with Crippen LogP contribution in [0, 0.1) is 0 Å². The van der Waals surface area contributed by atoms with E-state index >= 15 is 0 Å². The van der Waals surface area contributed by atoms with Crippen LogP contribution in [0.5, 0.6) is 11.5 Å². The lowest BCUT2D eigenvalue weighted by atomic mass is 9.91. The van der Waals surface area contributed by atoms with Crippen LogP contribution in [0.4, 0.5) is 5.69 Å². The first-order chi connectivity index (χ1) is 13.1. The topological polar surface area (TPSA) is 85.2 Å². The number of nitrogens with one attached hydrogen (secondary N) is 1. The molecule has 6 heteroatoms. The van der Waals surface area contributed by atoms with Gasteiger partial charge in [-0.15, -0.1) is 0 Å². The number of nitrogens with zero attached hydrogens (tertiary/aromatic N) is 2. The Hall–Kier alpha value is -3.02. The lowest BCUT2D eigenvalue weighted by Gasteiger charge is -2.17. The molecular formula is C22H29N3O3. The summed E-state index contributed by atoms with van der Waals surface area (Å²) >= 11 is 0. The van der Waals surface area contributed by atoms with E-state index in [2.05, 4.69) is 10.5 Å². The summed E-state index contributed by atoms with van der Waals surface area (Å²) in [6.07, 6.45) is 1.40. The molecule has 0 atom stereocenters. The summed E-state index contributed by atoms with van der Waals surface area (Å²) in [5.74, 6) is 0.125. The van der Waals surface area contributed by atoms with E-state index in [1.165, 1.54) is 6.21 Å². The standard InChI is InChI=1S/C22H29N3O3/c1-13(2)18-9-16(10-19(14(3)4)21(18)27)22(28)24-23-12-15-7-8-17(25(5)6)11-20(15)26/h7-14,26-27H,1-6H3,(H,24,28). The van der Waals surface area contributed by atoms with Crippen LogP contribution < -0.4 is 10.3 Å². The van der Waals surface area contributed by atoms with Gasteiger partial charge in [-0.05, 0) is 47.2 Å². The Morgan fingerprint density at radius 3 is 2.07 bits per heavy atom. The van der Waals surface area contributed by atoms with Crippen molar-refractivity contribution in [2.75, 3.05) is 19.0 Å². The van der Waals surface area contributed by atoms with E-state index < -0.39 is 0 Å². The van der Waals surface area contributed by atoms with Gasteiger partial charge in [-0.25, -0.2) is 5.43 Å². The molecule has 2 aromatic carbocycles. The highest BCUT2D eigenvalue weighted by molar-refractivity contribution is 5.96. The van der Waals surface area contributed by atoms with Gasteiger partial charge in [-0.2, -0.15) is 5.10 Å². The average Bonchev–Trinajstić information content (AvgIpc) is 2.62. The number of carbonyl (C=O) groups is 1. The van der Waals surface area contributed by atoms with Crippen molar-refractivity contribution < 1.29 is 15.0 Å². The van der Waals surface area contributed by atoms with Crippen LogP contribution in [-0.2, 0) is 0 Å². The number of hydrazone groups is 1. The zero-order valence-electron chi connectivity index (χ0n) is 17.3. The highest BCUT2D eigenvalue weighted by atomic mass is 16.3.